The number of aryl methyl sites for hydroxylation is 1. The Bertz CT molecular complexity index is 636. The van der Waals surface area contributed by atoms with Crippen molar-refractivity contribution in [2.45, 2.75) is 39.3 Å². The highest BCUT2D eigenvalue weighted by Crippen LogP contribution is 2.26. The van der Waals surface area contributed by atoms with Gasteiger partial charge >= 0.3 is 0 Å². The summed E-state index contributed by atoms with van der Waals surface area (Å²) in [5.74, 6) is -0.378. The number of hydrogen-bond donors (Lipinski definition) is 2. The number of carbonyl (C=O) groups excluding carboxylic acids is 1. The van der Waals surface area contributed by atoms with Crippen molar-refractivity contribution in [1.82, 2.24) is 10.3 Å². The van der Waals surface area contributed by atoms with Crippen molar-refractivity contribution in [3.63, 3.8) is 0 Å². The van der Waals surface area contributed by atoms with E-state index < -0.39 is 5.54 Å². The second-order valence-electron chi connectivity index (χ2n) is 6.12. The monoisotopic (exact) mass is 317 g/mol. The molecule has 0 aliphatic carbocycles. The first-order chi connectivity index (χ1) is 10.3. The van der Waals surface area contributed by atoms with Crippen molar-refractivity contribution < 1.29 is 4.79 Å². The molecule has 0 radical (unpaired) electrons. The normalized spacial score (nSPS) is 14.4. The molecule has 0 saturated carbocycles. The highest BCUT2D eigenvalue weighted by atomic mass is 32.1. The predicted octanol–water partition coefficient (Wildman–Crippen LogP) is 3.14. The Balaban J connectivity index is 2.08. The molecule has 0 aliphatic rings. The maximum atomic E-state index is 12.5. The van der Waals surface area contributed by atoms with Crippen LogP contribution in [0.5, 0.6) is 0 Å². The summed E-state index contributed by atoms with van der Waals surface area (Å²) < 4.78 is 0. The molecule has 2 atom stereocenters. The summed E-state index contributed by atoms with van der Waals surface area (Å²) in [4.78, 5) is 18.0. The number of carbonyl (C=O) groups is 1. The molecule has 0 fully saturated rings. The molecule has 0 bridgehead atoms. The van der Waals surface area contributed by atoms with Crippen LogP contribution in [0.1, 0.15) is 42.3 Å². The minimum atomic E-state index is -0.499. The van der Waals surface area contributed by atoms with Gasteiger partial charge in [-0.05, 0) is 26.3 Å². The van der Waals surface area contributed by atoms with Crippen LogP contribution in [-0.4, -0.2) is 10.9 Å². The van der Waals surface area contributed by atoms with E-state index >= 15 is 0 Å². The van der Waals surface area contributed by atoms with E-state index in [1.165, 1.54) is 0 Å². The van der Waals surface area contributed by atoms with Gasteiger partial charge in [0.2, 0.25) is 5.91 Å². The van der Waals surface area contributed by atoms with Crippen molar-refractivity contribution in [2.24, 2.45) is 11.7 Å². The first kappa shape index (κ1) is 16.6. The standard InChI is InChI=1S/C17H23N3OS/c1-11-10-19-16(22-11)17(3,4)20-15(21)12(2)14(18)13-8-6-5-7-9-13/h5-10,12,14H,18H2,1-4H3,(H,20,21). The average molecular weight is 317 g/mol. The van der Waals surface area contributed by atoms with Crippen LogP contribution in [0.4, 0.5) is 0 Å². The number of nitrogens with zero attached hydrogens (tertiary/aromatic N) is 1. The maximum absolute atomic E-state index is 12.5. The smallest absolute Gasteiger partial charge is 0.225 e. The second-order valence-corrected chi connectivity index (χ2v) is 7.35. The fourth-order valence-corrected chi connectivity index (χ4v) is 3.07. The molecule has 2 rings (SSSR count). The van der Waals surface area contributed by atoms with Crippen LogP contribution in [0.3, 0.4) is 0 Å². The van der Waals surface area contributed by atoms with Crippen molar-refractivity contribution >= 4 is 17.2 Å². The second kappa shape index (κ2) is 6.58. The number of rotatable bonds is 5. The lowest BCUT2D eigenvalue weighted by atomic mass is 9.93. The Labute approximate surface area is 135 Å². The number of thiazole rings is 1. The summed E-state index contributed by atoms with van der Waals surface area (Å²) in [7, 11) is 0. The van der Waals surface area contributed by atoms with Gasteiger partial charge in [0, 0.05) is 17.1 Å². The zero-order chi connectivity index (χ0) is 16.3. The Hall–Kier alpha value is -1.72. The molecule has 118 valence electrons. The van der Waals surface area contributed by atoms with Gasteiger partial charge < -0.3 is 11.1 Å². The van der Waals surface area contributed by atoms with E-state index in [4.69, 9.17) is 5.73 Å². The summed E-state index contributed by atoms with van der Waals surface area (Å²) in [6.45, 7) is 7.79. The topological polar surface area (TPSA) is 68.0 Å². The molecule has 1 amide bonds. The van der Waals surface area contributed by atoms with Gasteiger partial charge in [0.25, 0.3) is 0 Å². The number of nitrogens with one attached hydrogen (secondary N) is 1. The van der Waals surface area contributed by atoms with Crippen molar-refractivity contribution in [3.05, 3.63) is 52.0 Å². The van der Waals surface area contributed by atoms with E-state index in [1.807, 2.05) is 64.2 Å². The van der Waals surface area contributed by atoms with Crippen molar-refractivity contribution in [1.29, 1.82) is 0 Å². The van der Waals surface area contributed by atoms with Crippen LogP contribution in [0, 0.1) is 12.8 Å². The molecule has 5 heteroatoms. The fraction of sp³-hybridized carbons (Fsp3) is 0.412. The van der Waals surface area contributed by atoms with Gasteiger partial charge in [-0.1, -0.05) is 37.3 Å². The average Bonchev–Trinajstić information content (AvgIpc) is 2.93. The largest absolute Gasteiger partial charge is 0.344 e. The van der Waals surface area contributed by atoms with Crippen LogP contribution < -0.4 is 11.1 Å². The Morgan fingerprint density at radius 2 is 1.95 bits per heavy atom. The summed E-state index contributed by atoms with van der Waals surface area (Å²) >= 11 is 1.60. The van der Waals surface area contributed by atoms with Gasteiger partial charge in [-0.15, -0.1) is 11.3 Å². The van der Waals surface area contributed by atoms with Gasteiger partial charge in [0.15, 0.2) is 0 Å². The van der Waals surface area contributed by atoms with Gasteiger partial charge in [-0.3, -0.25) is 4.79 Å². The Kier molecular flexibility index (Phi) is 4.98. The van der Waals surface area contributed by atoms with Crippen LogP contribution in [0.25, 0.3) is 0 Å². The maximum Gasteiger partial charge on any atom is 0.225 e. The zero-order valence-corrected chi connectivity index (χ0v) is 14.3. The number of nitrogens with two attached hydrogens (primary N) is 1. The molecular formula is C17H23N3OS. The first-order valence-corrected chi connectivity index (χ1v) is 8.18. The SMILES string of the molecule is Cc1cnc(C(C)(C)NC(=O)C(C)C(N)c2ccccc2)s1. The lowest BCUT2D eigenvalue weighted by molar-refractivity contribution is -0.126. The van der Waals surface area contributed by atoms with Crippen LogP contribution in [0.2, 0.25) is 0 Å². The van der Waals surface area contributed by atoms with E-state index in [0.29, 0.717) is 0 Å². The molecule has 1 aromatic carbocycles. The number of amides is 1. The molecule has 0 spiro atoms. The molecule has 1 aromatic heterocycles. The highest BCUT2D eigenvalue weighted by molar-refractivity contribution is 7.11. The van der Waals surface area contributed by atoms with Crippen LogP contribution in [0.15, 0.2) is 36.5 Å². The summed E-state index contributed by atoms with van der Waals surface area (Å²) in [5, 5.41) is 3.97. The molecular weight excluding hydrogens is 294 g/mol. The summed E-state index contributed by atoms with van der Waals surface area (Å²) in [5.41, 5.74) is 6.69. The number of benzene rings is 1. The van der Waals surface area contributed by atoms with Crippen molar-refractivity contribution in [2.75, 3.05) is 0 Å². The highest BCUT2D eigenvalue weighted by Gasteiger charge is 2.30. The molecule has 2 aromatic rings. The summed E-state index contributed by atoms with van der Waals surface area (Å²) in [6.07, 6.45) is 1.83. The van der Waals surface area contributed by atoms with Gasteiger partial charge in [0.05, 0.1) is 11.5 Å². The lowest BCUT2D eigenvalue weighted by Crippen LogP contribution is -2.45. The Morgan fingerprint density at radius 1 is 1.32 bits per heavy atom. The van der Waals surface area contributed by atoms with E-state index in [0.717, 1.165) is 15.4 Å². The minimum Gasteiger partial charge on any atom is -0.344 e. The van der Waals surface area contributed by atoms with Gasteiger partial charge in [0.1, 0.15) is 5.01 Å². The van der Waals surface area contributed by atoms with Crippen LogP contribution in [-0.2, 0) is 10.3 Å². The predicted molar refractivity (Wildman–Crippen MR) is 90.6 cm³/mol. The fourth-order valence-electron chi connectivity index (χ4n) is 2.25. The number of hydrogen-bond acceptors (Lipinski definition) is 4. The molecule has 1 heterocycles. The van der Waals surface area contributed by atoms with Gasteiger partial charge in [-0.2, -0.15) is 0 Å². The third-order valence-electron chi connectivity index (χ3n) is 3.73. The quantitative estimate of drug-likeness (QED) is 0.890. The Morgan fingerprint density at radius 3 is 2.50 bits per heavy atom. The van der Waals surface area contributed by atoms with E-state index in [9.17, 15) is 4.79 Å². The van der Waals surface area contributed by atoms with E-state index in [-0.39, 0.29) is 17.9 Å². The third-order valence-corrected chi connectivity index (χ3v) is 4.96. The minimum absolute atomic E-state index is 0.0609. The third kappa shape index (κ3) is 3.72. The van der Waals surface area contributed by atoms with E-state index in [1.54, 1.807) is 11.3 Å². The van der Waals surface area contributed by atoms with E-state index in [2.05, 4.69) is 10.3 Å². The molecule has 0 aliphatic heterocycles. The molecule has 4 nitrogen and oxygen atoms in total. The zero-order valence-electron chi connectivity index (χ0n) is 13.5. The molecule has 0 saturated heterocycles. The van der Waals surface area contributed by atoms with Crippen molar-refractivity contribution in [3.8, 4) is 0 Å². The summed E-state index contributed by atoms with van der Waals surface area (Å²) in [6, 6.07) is 9.38. The first-order valence-electron chi connectivity index (χ1n) is 7.36. The molecule has 3 N–H and O–H groups in total. The number of aromatic nitrogens is 1. The molecule has 2 unspecified atom stereocenters. The van der Waals surface area contributed by atoms with Gasteiger partial charge in [-0.25, -0.2) is 4.98 Å². The van der Waals surface area contributed by atoms with Crippen LogP contribution >= 0.6 is 11.3 Å². The lowest BCUT2D eigenvalue weighted by Gasteiger charge is -2.28. The molecule has 22 heavy (non-hydrogen) atoms.